The van der Waals surface area contributed by atoms with E-state index in [2.05, 4.69) is 15.1 Å². The summed E-state index contributed by atoms with van der Waals surface area (Å²) in [6, 6.07) is 0. The molecule has 1 saturated heterocycles. The van der Waals surface area contributed by atoms with E-state index in [9.17, 15) is 18.0 Å². The largest absolute Gasteiger partial charge is 0.433 e. The van der Waals surface area contributed by atoms with Crippen LogP contribution in [0.15, 0.2) is 11.0 Å². The van der Waals surface area contributed by atoms with Crippen molar-refractivity contribution in [2.24, 2.45) is 0 Å². The highest BCUT2D eigenvalue weighted by Gasteiger charge is 2.37. The molecule has 0 bridgehead atoms. The number of alkyl halides is 3. The molecule has 2 aromatic rings. The van der Waals surface area contributed by atoms with E-state index >= 15 is 0 Å². The standard InChI is InChI=1S/C13H12ClF3N4O2/c14-8-9(6-1-3-23-4-2-6)19-11(20-12(8)22)7-5-18-21-10(7)13(15,16)17/h5-6H,1-4H2,(H,18,21)(H,19,20,22). The molecule has 0 radical (unpaired) electrons. The molecule has 0 aliphatic carbocycles. The molecule has 2 N–H and O–H groups in total. The van der Waals surface area contributed by atoms with Gasteiger partial charge in [0, 0.05) is 19.1 Å². The van der Waals surface area contributed by atoms with Gasteiger partial charge in [-0.15, -0.1) is 0 Å². The SMILES string of the molecule is O=c1[nH]c(-c2cn[nH]c2C(F)(F)F)nc(C2CCOCC2)c1Cl. The molecule has 3 rings (SSSR count). The average Bonchev–Trinajstić information content (AvgIpc) is 3.00. The van der Waals surface area contributed by atoms with Crippen molar-refractivity contribution in [3.8, 4) is 11.4 Å². The summed E-state index contributed by atoms with van der Waals surface area (Å²) in [6.07, 6.45) is -2.45. The van der Waals surface area contributed by atoms with Gasteiger partial charge < -0.3 is 9.72 Å². The van der Waals surface area contributed by atoms with Gasteiger partial charge in [-0.05, 0) is 12.8 Å². The number of H-pyrrole nitrogens is 2. The lowest BCUT2D eigenvalue weighted by Gasteiger charge is -2.22. The van der Waals surface area contributed by atoms with E-state index in [4.69, 9.17) is 16.3 Å². The molecule has 124 valence electrons. The summed E-state index contributed by atoms with van der Waals surface area (Å²) in [4.78, 5) is 18.4. The monoisotopic (exact) mass is 348 g/mol. The van der Waals surface area contributed by atoms with Crippen LogP contribution in [0.1, 0.15) is 30.1 Å². The number of hydrogen-bond donors (Lipinski definition) is 2. The second-order valence-electron chi connectivity index (χ2n) is 5.16. The molecular formula is C13H12ClF3N4O2. The molecule has 0 amide bonds. The Morgan fingerprint density at radius 2 is 2.00 bits per heavy atom. The van der Waals surface area contributed by atoms with Crippen LogP contribution in [-0.2, 0) is 10.9 Å². The van der Waals surface area contributed by atoms with Gasteiger partial charge in [0.1, 0.15) is 10.8 Å². The highest BCUT2D eigenvalue weighted by molar-refractivity contribution is 6.31. The van der Waals surface area contributed by atoms with Crippen molar-refractivity contribution in [3.63, 3.8) is 0 Å². The molecule has 0 saturated carbocycles. The Bertz CT molecular complexity index is 765. The van der Waals surface area contributed by atoms with E-state index in [1.165, 1.54) is 0 Å². The first-order valence-corrected chi connectivity index (χ1v) is 7.24. The Hall–Kier alpha value is -1.87. The lowest BCUT2D eigenvalue weighted by molar-refractivity contribution is -0.140. The van der Waals surface area contributed by atoms with Gasteiger partial charge in [-0.3, -0.25) is 9.89 Å². The number of halogens is 4. The number of aromatic nitrogens is 4. The van der Waals surface area contributed by atoms with Gasteiger partial charge in [0.05, 0.1) is 17.5 Å². The van der Waals surface area contributed by atoms with E-state index in [0.717, 1.165) is 6.20 Å². The van der Waals surface area contributed by atoms with E-state index in [-0.39, 0.29) is 22.3 Å². The zero-order chi connectivity index (χ0) is 16.6. The summed E-state index contributed by atoms with van der Waals surface area (Å²) >= 11 is 6.00. The van der Waals surface area contributed by atoms with Gasteiger partial charge in [0.15, 0.2) is 5.69 Å². The third-order valence-corrected chi connectivity index (χ3v) is 4.04. The molecule has 1 aliphatic heterocycles. The number of aromatic amines is 2. The minimum atomic E-state index is -4.64. The van der Waals surface area contributed by atoms with Crippen LogP contribution in [-0.4, -0.2) is 33.4 Å². The molecule has 1 aliphatic rings. The fraction of sp³-hybridized carbons (Fsp3) is 0.462. The fourth-order valence-corrected chi connectivity index (χ4v) is 2.77. The van der Waals surface area contributed by atoms with Crippen LogP contribution in [0, 0.1) is 0 Å². The molecule has 0 atom stereocenters. The lowest BCUT2D eigenvalue weighted by atomic mass is 9.96. The fourth-order valence-electron chi connectivity index (χ4n) is 2.53. The maximum Gasteiger partial charge on any atom is 0.433 e. The third kappa shape index (κ3) is 3.11. The maximum absolute atomic E-state index is 13.0. The van der Waals surface area contributed by atoms with Crippen LogP contribution in [0.25, 0.3) is 11.4 Å². The molecule has 10 heteroatoms. The first-order valence-electron chi connectivity index (χ1n) is 6.86. The Kier molecular flexibility index (Phi) is 4.15. The molecule has 0 aromatic carbocycles. The van der Waals surface area contributed by atoms with Crippen LogP contribution in [0.4, 0.5) is 13.2 Å². The van der Waals surface area contributed by atoms with Crippen molar-refractivity contribution in [2.45, 2.75) is 24.9 Å². The summed E-state index contributed by atoms with van der Waals surface area (Å²) in [7, 11) is 0. The molecule has 23 heavy (non-hydrogen) atoms. The molecular weight excluding hydrogens is 337 g/mol. The van der Waals surface area contributed by atoms with Crippen LogP contribution in [0.3, 0.4) is 0 Å². The molecule has 6 nitrogen and oxygen atoms in total. The minimum absolute atomic E-state index is 0.0993. The van der Waals surface area contributed by atoms with E-state index in [1.54, 1.807) is 0 Å². The van der Waals surface area contributed by atoms with Crippen LogP contribution >= 0.6 is 11.6 Å². The highest BCUT2D eigenvalue weighted by Crippen LogP contribution is 2.35. The molecule has 2 aromatic heterocycles. The van der Waals surface area contributed by atoms with Crippen LogP contribution in [0.5, 0.6) is 0 Å². The van der Waals surface area contributed by atoms with E-state index in [0.29, 0.717) is 31.7 Å². The van der Waals surface area contributed by atoms with Crippen LogP contribution in [0.2, 0.25) is 5.02 Å². The van der Waals surface area contributed by atoms with Crippen molar-refractivity contribution in [1.82, 2.24) is 20.2 Å². The van der Waals surface area contributed by atoms with Crippen LogP contribution < -0.4 is 5.56 Å². The minimum Gasteiger partial charge on any atom is -0.381 e. The molecule has 1 fully saturated rings. The topological polar surface area (TPSA) is 83.7 Å². The Balaban J connectivity index is 2.09. The zero-order valence-electron chi connectivity index (χ0n) is 11.7. The number of nitrogens with zero attached hydrogens (tertiary/aromatic N) is 2. The Morgan fingerprint density at radius 3 is 2.65 bits per heavy atom. The van der Waals surface area contributed by atoms with Crippen molar-refractivity contribution in [2.75, 3.05) is 13.2 Å². The Morgan fingerprint density at radius 1 is 1.30 bits per heavy atom. The van der Waals surface area contributed by atoms with Gasteiger partial charge >= 0.3 is 6.18 Å². The van der Waals surface area contributed by atoms with Gasteiger partial charge in [-0.25, -0.2) is 4.98 Å². The lowest BCUT2D eigenvalue weighted by Crippen LogP contribution is -2.21. The first-order chi connectivity index (χ1) is 10.9. The number of ether oxygens (including phenoxy) is 1. The van der Waals surface area contributed by atoms with Gasteiger partial charge in [-0.2, -0.15) is 18.3 Å². The second-order valence-corrected chi connectivity index (χ2v) is 5.53. The Labute approximate surface area is 133 Å². The first kappa shape index (κ1) is 16.0. The maximum atomic E-state index is 13.0. The predicted molar refractivity (Wildman–Crippen MR) is 75.2 cm³/mol. The quantitative estimate of drug-likeness (QED) is 0.874. The average molecular weight is 349 g/mol. The zero-order valence-corrected chi connectivity index (χ0v) is 12.5. The van der Waals surface area contributed by atoms with E-state index in [1.807, 2.05) is 5.10 Å². The second kappa shape index (κ2) is 5.97. The van der Waals surface area contributed by atoms with Crippen molar-refractivity contribution < 1.29 is 17.9 Å². The van der Waals surface area contributed by atoms with Gasteiger partial charge in [0.2, 0.25) is 0 Å². The number of hydrogen-bond acceptors (Lipinski definition) is 4. The van der Waals surface area contributed by atoms with Gasteiger partial charge in [0.25, 0.3) is 5.56 Å². The highest BCUT2D eigenvalue weighted by atomic mass is 35.5. The smallest absolute Gasteiger partial charge is 0.381 e. The molecule has 3 heterocycles. The summed E-state index contributed by atoms with van der Waals surface area (Å²) < 4.78 is 44.1. The van der Waals surface area contributed by atoms with Gasteiger partial charge in [-0.1, -0.05) is 11.6 Å². The third-order valence-electron chi connectivity index (χ3n) is 3.67. The normalized spacial score (nSPS) is 16.7. The predicted octanol–water partition coefficient (Wildman–Crippen LogP) is 2.73. The summed E-state index contributed by atoms with van der Waals surface area (Å²) in [5, 5.41) is 5.19. The summed E-state index contributed by atoms with van der Waals surface area (Å²) in [6.45, 7) is 0.981. The van der Waals surface area contributed by atoms with Crippen molar-refractivity contribution in [3.05, 3.63) is 33.0 Å². The number of rotatable bonds is 2. The molecule has 0 spiro atoms. The number of nitrogens with one attached hydrogen (secondary N) is 2. The van der Waals surface area contributed by atoms with E-state index < -0.39 is 17.4 Å². The summed E-state index contributed by atoms with van der Waals surface area (Å²) in [5.41, 5.74) is -1.77. The molecule has 0 unspecified atom stereocenters. The summed E-state index contributed by atoms with van der Waals surface area (Å²) in [5.74, 6) is -0.333. The van der Waals surface area contributed by atoms with Crippen molar-refractivity contribution in [1.29, 1.82) is 0 Å². The van der Waals surface area contributed by atoms with Crippen molar-refractivity contribution >= 4 is 11.6 Å².